The molecule has 0 saturated carbocycles. The Labute approximate surface area is 119 Å². The molecule has 0 spiro atoms. The Hall–Kier alpha value is -2.13. The molecule has 0 atom stereocenters. The fraction of sp³-hybridized carbons (Fsp3) is 0.235. The third-order valence-corrected chi connectivity index (χ3v) is 3.13. The molecule has 2 aromatic rings. The molecule has 0 heterocycles. The molecule has 0 aliphatic heterocycles. The molecule has 1 amide bonds. The van der Waals surface area contributed by atoms with E-state index in [0.29, 0.717) is 12.1 Å². The summed E-state index contributed by atoms with van der Waals surface area (Å²) < 4.78 is 0. The number of benzene rings is 2. The minimum atomic E-state index is -0.0886. The van der Waals surface area contributed by atoms with E-state index in [0.717, 1.165) is 28.8 Å². The fourth-order valence-corrected chi connectivity index (χ4v) is 2.24. The zero-order valence-electron chi connectivity index (χ0n) is 11.9. The first-order valence-electron chi connectivity index (χ1n) is 6.77. The zero-order chi connectivity index (χ0) is 14.5. The van der Waals surface area contributed by atoms with Crippen LogP contribution in [0.4, 0.5) is 5.69 Å². The molecule has 0 aliphatic carbocycles. The predicted octanol–water partition coefficient (Wildman–Crippen LogP) is 3.06. The molecular weight excluding hydrogens is 248 g/mol. The summed E-state index contributed by atoms with van der Waals surface area (Å²) >= 11 is 0. The summed E-state index contributed by atoms with van der Waals surface area (Å²) in [6.07, 6.45) is 0.832. The van der Waals surface area contributed by atoms with E-state index >= 15 is 0 Å². The van der Waals surface area contributed by atoms with E-state index in [4.69, 9.17) is 5.73 Å². The van der Waals surface area contributed by atoms with Crippen LogP contribution in [0.25, 0.3) is 0 Å². The summed E-state index contributed by atoms with van der Waals surface area (Å²) in [6, 6.07) is 13.6. The molecule has 2 aromatic carbocycles. The number of hydrogen-bond donors (Lipinski definition) is 2. The van der Waals surface area contributed by atoms with Crippen LogP contribution in [-0.2, 0) is 6.42 Å². The minimum absolute atomic E-state index is 0.0886. The third kappa shape index (κ3) is 3.68. The van der Waals surface area contributed by atoms with Gasteiger partial charge in [0.05, 0.1) is 0 Å². The smallest absolute Gasteiger partial charge is 0.255 e. The Morgan fingerprint density at radius 1 is 1.05 bits per heavy atom. The second kappa shape index (κ2) is 6.35. The van der Waals surface area contributed by atoms with Gasteiger partial charge >= 0.3 is 0 Å². The standard InChI is InChI=1S/C17H20N2O/c1-12-9-13(2)11-16(10-12)19-17(20)15-5-3-14(4-6-15)7-8-18/h3-6,9-11H,7-8,18H2,1-2H3,(H,19,20). The first-order chi connectivity index (χ1) is 9.58. The van der Waals surface area contributed by atoms with Crippen molar-refractivity contribution >= 4 is 11.6 Å². The van der Waals surface area contributed by atoms with E-state index in [2.05, 4.69) is 11.4 Å². The van der Waals surface area contributed by atoms with Crippen LogP contribution in [0.1, 0.15) is 27.0 Å². The summed E-state index contributed by atoms with van der Waals surface area (Å²) in [4.78, 5) is 12.2. The fourth-order valence-electron chi connectivity index (χ4n) is 2.24. The summed E-state index contributed by atoms with van der Waals surface area (Å²) in [5.41, 5.74) is 10.4. The Balaban J connectivity index is 2.11. The van der Waals surface area contributed by atoms with Crippen LogP contribution in [0.3, 0.4) is 0 Å². The van der Waals surface area contributed by atoms with Crippen molar-refractivity contribution in [3.63, 3.8) is 0 Å². The molecule has 0 bridgehead atoms. The summed E-state index contributed by atoms with van der Waals surface area (Å²) in [7, 11) is 0. The molecule has 0 fully saturated rings. The molecule has 0 aliphatic rings. The Kier molecular flexibility index (Phi) is 4.53. The number of carbonyl (C=O) groups excluding carboxylic acids is 1. The number of aryl methyl sites for hydroxylation is 2. The molecule has 104 valence electrons. The van der Waals surface area contributed by atoms with Gasteiger partial charge in [0.15, 0.2) is 0 Å². The Bertz CT molecular complexity index is 583. The van der Waals surface area contributed by atoms with Crippen molar-refractivity contribution < 1.29 is 4.79 Å². The first kappa shape index (κ1) is 14.3. The van der Waals surface area contributed by atoms with Gasteiger partial charge in [-0.25, -0.2) is 0 Å². The molecule has 0 unspecified atom stereocenters. The lowest BCUT2D eigenvalue weighted by atomic mass is 10.1. The maximum atomic E-state index is 12.2. The lowest BCUT2D eigenvalue weighted by Crippen LogP contribution is -2.12. The molecule has 0 radical (unpaired) electrons. The van der Waals surface area contributed by atoms with Gasteiger partial charge in [0, 0.05) is 11.3 Å². The Morgan fingerprint density at radius 2 is 1.65 bits per heavy atom. The number of hydrogen-bond acceptors (Lipinski definition) is 2. The van der Waals surface area contributed by atoms with Gasteiger partial charge in [-0.15, -0.1) is 0 Å². The van der Waals surface area contributed by atoms with Gasteiger partial charge in [0.2, 0.25) is 0 Å². The third-order valence-electron chi connectivity index (χ3n) is 3.13. The largest absolute Gasteiger partial charge is 0.330 e. The highest BCUT2D eigenvalue weighted by Crippen LogP contribution is 2.15. The van der Waals surface area contributed by atoms with Crippen LogP contribution in [-0.4, -0.2) is 12.5 Å². The van der Waals surface area contributed by atoms with Crippen molar-refractivity contribution in [1.29, 1.82) is 0 Å². The predicted molar refractivity (Wildman–Crippen MR) is 83.1 cm³/mol. The van der Waals surface area contributed by atoms with Gasteiger partial charge in [-0.05, 0) is 67.8 Å². The minimum Gasteiger partial charge on any atom is -0.330 e. The van der Waals surface area contributed by atoms with Gasteiger partial charge < -0.3 is 11.1 Å². The SMILES string of the molecule is Cc1cc(C)cc(NC(=O)c2ccc(CCN)cc2)c1. The number of rotatable bonds is 4. The maximum absolute atomic E-state index is 12.2. The lowest BCUT2D eigenvalue weighted by Gasteiger charge is -2.08. The molecular formula is C17H20N2O. The summed E-state index contributed by atoms with van der Waals surface area (Å²) in [5.74, 6) is -0.0886. The number of anilines is 1. The van der Waals surface area contributed by atoms with E-state index in [1.807, 2.05) is 50.2 Å². The van der Waals surface area contributed by atoms with Crippen LogP contribution in [0.5, 0.6) is 0 Å². The van der Waals surface area contributed by atoms with E-state index in [1.165, 1.54) is 0 Å². The topological polar surface area (TPSA) is 55.1 Å². The van der Waals surface area contributed by atoms with Gasteiger partial charge in [-0.3, -0.25) is 4.79 Å². The van der Waals surface area contributed by atoms with Crippen molar-refractivity contribution in [2.45, 2.75) is 20.3 Å². The molecule has 3 N–H and O–H groups in total. The molecule has 0 saturated heterocycles. The first-order valence-corrected chi connectivity index (χ1v) is 6.77. The normalized spacial score (nSPS) is 10.3. The average molecular weight is 268 g/mol. The summed E-state index contributed by atoms with van der Waals surface area (Å²) in [6.45, 7) is 4.66. The highest BCUT2D eigenvalue weighted by molar-refractivity contribution is 6.04. The molecule has 3 heteroatoms. The number of nitrogens with two attached hydrogens (primary N) is 1. The molecule has 20 heavy (non-hydrogen) atoms. The summed E-state index contributed by atoms with van der Waals surface area (Å²) in [5, 5.41) is 2.93. The van der Waals surface area contributed by atoms with Gasteiger partial charge in [0.25, 0.3) is 5.91 Å². The van der Waals surface area contributed by atoms with Gasteiger partial charge in [-0.1, -0.05) is 18.2 Å². The highest BCUT2D eigenvalue weighted by atomic mass is 16.1. The van der Waals surface area contributed by atoms with Crippen molar-refractivity contribution in [3.05, 3.63) is 64.7 Å². The number of nitrogens with one attached hydrogen (secondary N) is 1. The van der Waals surface area contributed by atoms with Crippen LogP contribution < -0.4 is 11.1 Å². The van der Waals surface area contributed by atoms with E-state index < -0.39 is 0 Å². The average Bonchev–Trinajstić information content (AvgIpc) is 2.38. The van der Waals surface area contributed by atoms with Crippen molar-refractivity contribution in [3.8, 4) is 0 Å². The zero-order valence-corrected chi connectivity index (χ0v) is 11.9. The monoisotopic (exact) mass is 268 g/mol. The van der Waals surface area contributed by atoms with E-state index in [-0.39, 0.29) is 5.91 Å². The molecule has 2 rings (SSSR count). The quantitative estimate of drug-likeness (QED) is 0.895. The Morgan fingerprint density at radius 3 is 2.20 bits per heavy atom. The van der Waals surface area contributed by atoms with Crippen LogP contribution >= 0.6 is 0 Å². The number of carbonyl (C=O) groups is 1. The molecule has 0 aromatic heterocycles. The number of amides is 1. The lowest BCUT2D eigenvalue weighted by molar-refractivity contribution is 0.102. The highest BCUT2D eigenvalue weighted by Gasteiger charge is 2.06. The molecule has 3 nitrogen and oxygen atoms in total. The van der Waals surface area contributed by atoms with Gasteiger partial charge in [-0.2, -0.15) is 0 Å². The van der Waals surface area contributed by atoms with Crippen LogP contribution in [0, 0.1) is 13.8 Å². The van der Waals surface area contributed by atoms with Crippen LogP contribution in [0.15, 0.2) is 42.5 Å². The second-order valence-corrected chi connectivity index (χ2v) is 5.07. The van der Waals surface area contributed by atoms with Crippen molar-refractivity contribution in [1.82, 2.24) is 0 Å². The maximum Gasteiger partial charge on any atom is 0.255 e. The van der Waals surface area contributed by atoms with Crippen molar-refractivity contribution in [2.75, 3.05) is 11.9 Å². The van der Waals surface area contributed by atoms with E-state index in [9.17, 15) is 4.79 Å². The second-order valence-electron chi connectivity index (χ2n) is 5.07. The van der Waals surface area contributed by atoms with Crippen molar-refractivity contribution in [2.24, 2.45) is 5.73 Å². The van der Waals surface area contributed by atoms with Gasteiger partial charge in [0.1, 0.15) is 0 Å². The van der Waals surface area contributed by atoms with E-state index in [1.54, 1.807) is 0 Å². The van der Waals surface area contributed by atoms with Crippen LogP contribution in [0.2, 0.25) is 0 Å².